The Morgan fingerprint density at radius 3 is 2.57 bits per heavy atom. The van der Waals surface area contributed by atoms with Crippen molar-refractivity contribution in [2.24, 2.45) is 0 Å². The molecule has 0 bridgehead atoms. The van der Waals surface area contributed by atoms with Gasteiger partial charge in [-0.3, -0.25) is 0 Å². The van der Waals surface area contributed by atoms with Gasteiger partial charge in [-0.05, 0) is 31.4 Å². The maximum atomic E-state index is 9.75. The van der Waals surface area contributed by atoms with E-state index in [0.717, 1.165) is 24.0 Å². The third-order valence-corrected chi connectivity index (χ3v) is 3.21. The van der Waals surface area contributed by atoms with E-state index < -0.39 is 0 Å². The number of benzene rings is 1. The summed E-state index contributed by atoms with van der Waals surface area (Å²) in [5, 5.41) is 9.75. The summed E-state index contributed by atoms with van der Waals surface area (Å²) in [5.41, 5.74) is 2.01. The van der Waals surface area contributed by atoms with Crippen molar-refractivity contribution in [2.75, 3.05) is 0 Å². The highest BCUT2D eigenvalue weighted by molar-refractivity contribution is 5.47. The molecule has 1 saturated carbocycles. The zero-order valence-electron chi connectivity index (χ0n) is 8.33. The molecule has 1 aromatic carbocycles. The predicted molar refractivity (Wildman–Crippen MR) is 57.0 cm³/mol. The van der Waals surface area contributed by atoms with Crippen LogP contribution in [0.5, 0.6) is 0 Å². The molecule has 1 unspecified atom stereocenters. The van der Waals surface area contributed by atoms with Crippen molar-refractivity contribution in [1.29, 1.82) is 0 Å². The van der Waals surface area contributed by atoms with Crippen LogP contribution in [-0.4, -0.2) is 11.2 Å². The van der Waals surface area contributed by atoms with Gasteiger partial charge >= 0.3 is 0 Å². The van der Waals surface area contributed by atoms with E-state index >= 15 is 0 Å². The lowest BCUT2D eigenvalue weighted by Crippen LogP contribution is -2.23. The average Bonchev–Trinajstić information content (AvgIpc) is 2.98. The SMILES string of the molecule is C#Cc1ccccc1C1(C(C)O)CC1. The second-order valence-corrected chi connectivity index (χ2v) is 4.02. The van der Waals surface area contributed by atoms with Gasteiger partial charge in [0.1, 0.15) is 0 Å². The first kappa shape index (κ1) is 9.30. The van der Waals surface area contributed by atoms with E-state index in [2.05, 4.69) is 5.92 Å². The standard InChI is InChI=1S/C13H14O/c1-3-11-6-4-5-7-12(11)13(8-9-13)10(2)14/h1,4-7,10,14H,8-9H2,2H3. The van der Waals surface area contributed by atoms with Gasteiger partial charge in [0.2, 0.25) is 0 Å². The first-order valence-electron chi connectivity index (χ1n) is 4.95. The minimum absolute atomic E-state index is 0.0526. The molecule has 2 rings (SSSR count). The van der Waals surface area contributed by atoms with Crippen molar-refractivity contribution < 1.29 is 5.11 Å². The fourth-order valence-corrected chi connectivity index (χ4v) is 2.09. The monoisotopic (exact) mass is 186 g/mol. The van der Waals surface area contributed by atoms with E-state index in [-0.39, 0.29) is 11.5 Å². The Kier molecular flexibility index (Phi) is 2.09. The van der Waals surface area contributed by atoms with Gasteiger partial charge < -0.3 is 5.11 Å². The van der Waals surface area contributed by atoms with Gasteiger partial charge in [-0.15, -0.1) is 6.42 Å². The molecule has 1 aliphatic carbocycles. The number of hydrogen-bond acceptors (Lipinski definition) is 1. The van der Waals surface area contributed by atoms with Crippen LogP contribution < -0.4 is 0 Å². The Bertz CT molecular complexity index is 380. The Hall–Kier alpha value is -1.26. The second kappa shape index (κ2) is 3.15. The van der Waals surface area contributed by atoms with Gasteiger partial charge in [0.25, 0.3) is 0 Å². The third-order valence-electron chi connectivity index (χ3n) is 3.21. The molecular formula is C13H14O. The van der Waals surface area contributed by atoms with Crippen molar-refractivity contribution in [3.63, 3.8) is 0 Å². The van der Waals surface area contributed by atoms with Crippen molar-refractivity contribution in [2.45, 2.75) is 31.3 Å². The van der Waals surface area contributed by atoms with Crippen LogP contribution in [-0.2, 0) is 5.41 Å². The zero-order chi connectivity index (χ0) is 10.2. The van der Waals surface area contributed by atoms with E-state index in [4.69, 9.17) is 6.42 Å². The number of rotatable bonds is 2. The molecule has 1 aromatic rings. The normalized spacial score (nSPS) is 19.8. The number of terminal acetylenes is 1. The van der Waals surface area contributed by atoms with Crippen molar-refractivity contribution in [3.8, 4) is 12.3 Å². The van der Waals surface area contributed by atoms with Crippen molar-refractivity contribution >= 4 is 0 Å². The largest absolute Gasteiger partial charge is 0.392 e. The molecule has 0 radical (unpaired) electrons. The lowest BCUT2D eigenvalue weighted by atomic mass is 9.87. The molecule has 1 N–H and O–H groups in total. The highest BCUT2D eigenvalue weighted by Crippen LogP contribution is 2.51. The first-order valence-corrected chi connectivity index (χ1v) is 4.95. The molecule has 1 fully saturated rings. The summed E-state index contributed by atoms with van der Waals surface area (Å²) in [6.07, 6.45) is 7.23. The van der Waals surface area contributed by atoms with Gasteiger partial charge in [0.05, 0.1) is 6.10 Å². The fraction of sp³-hybridized carbons (Fsp3) is 0.385. The van der Waals surface area contributed by atoms with Crippen LogP contribution >= 0.6 is 0 Å². The Labute approximate surface area is 84.8 Å². The highest BCUT2D eigenvalue weighted by atomic mass is 16.3. The minimum atomic E-state index is -0.308. The predicted octanol–water partition coefficient (Wildman–Crippen LogP) is 2.08. The summed E-state index contributed by atoms with van der Waals surface area (Å²) in [4.78, 5) is 0. The van der Waals surface area contributed by atoms with Gasteiger partial charge in [-0.2, -0.15) is 0 Å². The van der Waals surface area contributed by atoms with E-state index in [1.165, 1.54) is 0 Å². The average molecular weight is 186 g/mol. The molecule has 1 aliphatic rings. The summed E-state index contributed by atoms with van der Waals surface area (Å²) < 4.78 is 0. The first-order chi connectivity index (χ1) is 6.70. The van der Waals surface area contributed by atoms with Gasteiger partial charge in [0, 0.05) is 11.0 Å². The minimum Gasteiger partial charge on any atom is -0.392 e. The topological polar surface area (TPSA) is 20.2 Å². The van der Waals surface area contributed by atoms with Crippen LogP contribution in [0, 0.1) is 12.3 Å². The molecule has 72 valence electrons. The summed E-state index contributed by atoms with van der Waals surface area (Å²) in [7, 11) is 0. The Morgan fingerprint density at radius 2 is 2.07 bits per heavy atom. The van der Waals surface area contributed by atoms with Crippen LogP contribution in [0.25, 0.3) is 0 Å². The molecule has 0 aromatic heterocycles. The Balaban J connectivity index is 2.47. The van der Waals surface area contributed by atoms with Crippen LogP contribution in [0.4, 0.5) is 0 Å². The quantitative estimate of drug-likeness (QED) is 0.701. The molecule has 1 heteroatoms. The zero-order valence-corrected chi connectivity index (χ0v) is 8.33. The van der Waals surface area contributed by atoms with Crippen LogP contribution in [0.3, 0.4) is 0 Å². The highest BCUT2D eigenvalue weighted by Gasteiger charge is 2.49. The van der Waals surface area contributed by atoms with Gasteiger partial charge in [0.15, 0.2) is 0 Å². The van der Waals surface area contributed by atoms with E-state index in [0.29, 0.717) is 0 Å². The summed E-state index contributed by atoms with van der Waals surface area (Å²) in [5.74, 6) is 2.69. The van der Waals surface area contributed by atoms with Crippen LogP contribution in [0.2, 0.25) is 0 Å². The number of hydrogen-bond donors (Lipinski definition) is 1. The molecule has 1 atom stereocenters. The van der Waals surface area contributed by atoms with Crippen LogP contribution in [0.1, 0.15) is 30.9 Å². The molecule has 1 nitrogen and oxygen atoms in total. The third kappa shape index (κ3) is 1.23. The molecule has 14 heavy (non-hydrogen) atoms. The Morgan fingerprint density at radius 1 is 1.43 bits per heavy atom. The lowest BCUT2D eigenvalue weighted by molar-refractivity contribution is 0.150. The fourth-order valence-electron chi connectivity index (χ4n) is 2.09. The number of aliphatic hydroxyl groups excluding tert-OH is 1. The van der Waals surface area contributed by atoms with E-state index in [9.17, 15) is 5.11 Å². The molecule has 0 amide bonds. The maximum Gasteiger partial charge on any atom is 0.0609 e. The molecule has 0 aliphatic heterocycles. The second-order valence-electron chi connectivity index (χ2n) is 4.02. The molecular weight excluding hydrogens is 172 g/mol. The number of aliphatic hydroxyl groups is 1. The van der Waals surface area contributed by atoms with Crippen LogP contribution in [0.15, 0.2) is 24.3 Å². The van der Waals surface area contributed by atoms with Crippen molar-refractivity contribution in [3.05, 3.63) is 35.4 Å². The maximum absolute atomic E-state index is 9.75. The molecule has 0 saturated heterocycles. The van der Waals surface area contributed by atoms with E-state index in [1.807, 2.05) is 31.2 Å². The summed E-state index contributed by atoms with van der Waals surface area (Å²) in [6.45, 7) is 1.85. The van der Waals surface area contributed by atoms with E-state index in [1.54, 1.807) is 0 Å². The van der Waals surface area contributed by atoms with Crippen molar-refractivity contribution in [1.82, 2.24) is 0 Å². The molecule has 0 spiro atoms. The molecule has 0 heterocycles. The summed E-state index contributed by atoms with van der Waals surface area (Å²) >= 11 is 0. The smallest absolute Gasteiger partial charge is 0.0609 e. The summed E-state index contributed by atoms with van der Waals surface area (Å²) in [6, 6.07) is 7.90. The van der Waals surface area contributed by atoms with Gasteiger partial charge in [-0.1, -0.05) is 24.1 Å². The van der Waals surface area contributed by atoms with Gasteiger partial charge in [-0.25, -0.2) is 0 Å². The lowest BCUT2D eigenvalue weighted by Gasteiger charge is -2.20.